The van der Waals surface area contributed by atoms with Gasteiger partial charge in [0.1, 0.15) is 11.6 Å². The van der Waals surface area contributed by atoms with Crippen LogP contribution >= 0.6 is 0 Å². The van der Waals surface area contributed by atoms with E-state index in [-0.39, 0.29) is 11.8 Å². The lowest BCUT2D eigenvalue weighted by Gasteiger charge is -2.08. The molecule has 0 saturated carbocycles. The Morgan fingerprint density at radius 3 is 2.29 bits per heavy atom. The molecule has 0 saturated heterocycles. The molecule has 142 valence electrons. The standard InChI is InChI=1S/C22H21N3O3/c1-28-19-11-7-16(8-12-19)14-21(26)24-15-17-5-9-18(10-6-17)22(27)25-20-4-2-3-13-23-20/h2-13H,14-15H2,1H3,(H,24,26)(H,23,25,27). The molecule has 6 heteroatoms. The largest absolute Gasteiger partial charge is 0.497 e. The number of anilines is 1. The van der Waals surface area contributed by atoms with E-state index in [4.69, 9.17) is 4.74 Å². The van der Waals surface area contributed by atoms with E-state index >= 15 is 0 Å². The predicted molar refractivity (Wildman–Crippen MR) is 107 cm³/mol. The number of carbonyl (C=O) groups excluding carboxylic acids is 2. The fourth-order valence-electron chi connectivity index (χ4n) is 2.59. The summed E-state index contributed by atoms with van der Waals surface area (Å²) in [6.45, 7) is 0.400. The Kier molecular flexibility index (Phi) is 6.36. The molecule has 1 aromatic heterocycles. The molecule has 2 N–H and O–H groups in total. The first kappa shape index (κ1) is 19.1. The van der Waals surface area contributed by atoms with Crippen LogP contribution in [-0.2, 0) is 17.8 Å². The normalized spacial score (nSPS) is 10.2. The lowest BCUT2D eigenvalue weighted by molar-refractivity contribution is -0.120. The van der Waals surface area contributed by atoms with Crippen molar-refractivity contribution in [3.05, 3.63) is 89.6 Å². The first-order valence-electron chi connectivity index (χ1n) is 8.85. The molecule has 0 unspecified atom stereocenters. The van der Waals surface area contributed by atoms with Crippen molar-refractivity contribution in [3.8, 4) is 5.75 Å². The van der Waals surface area contributed by atoms with Gasteiger partial charge in [-0.15, -0.1) is 0 Å². The predicted octanol–water partition coefficient (Wildman–Crippen LogP) is 3.20. The summed E-state index contributed by atoms with van der Waals surface area (Å²) >= 11 is 0. The van der Waals surface area contributed by atoms with Crippen molar-refractivity contribution in [2.75, 3.05) is 12.4 Å². The maximum absolute atomic E-state index is 12.2. The van der Waals surface area contributed by atoms with E-state index in [1.807, 2.05) is 36.4 Å². The number of carbonyl (C=O) groups is 2. The summed E-state index contributed by atoms with van der Waals surface area (Å²) in [6.07, 6.45) is 1.92. The third-order valence-electron chi connectivity index (χ3n) is 4.14. The molecule has 6 nitrogen and oxygen atoms in total. The van der Waals surface area contributed by atoms with Gasteiger partial charge in [-0.05, 0) is 47.5 Å². The Morgan fingerprint density at radius 1 is 0.929 bits per heavy atom. The minimum Gasteiger partial charge on any atom is -0.497 e. The molecule has 0 radical (unpaired) electrons. The molecule has 1 heterocycles. The highest BCUT2D eigenvalue weighted by molar-refractivity contribution is 6.03. The summed E-state index contributed by atoms with van der Waals surface area (Å²) in [5, 5.41) is 5.62. The van der Waals surface area contributed by atoms with Gasteiger partial charge in [-0.25, -0.2) is 4.98 Å². The molecule has 3 rings (SSSR count). The van der Waals surface area contributed by atoms with Gasteiger partial charge in [-0.1, -0.05) is 30.3 Å². The Hall–Kier alpha value is -3.67. The SMILES string of the molecule is COc1ccc(CC(=O)NCc2ccc(C(=O)Nc3ccccn3)cc2)cc1. The number of rotatable bonds is 7. The van der Waals surface area contributed by atoms with Crippen LogP contribution in [0.2, 0.25) is 0 Å². The van der Waals surface area contributed by atoms with Crippen LogP contribution in [0.3, 0.4) is 0 Å². The zero-order valence-corrected chi connectivity index (χ0v) is 15.5. The van der Waals surface area contributed by atoms with Crippen LogP contribution in [0, 0.1) is 0 Å². The molecule has 0 aliphatic carbocycles. The monoisotopic (exact) mass is 375 g/mol. The number of nitrogens with zero attached hydrogens (tertiary/aromatic N) is 1. The van der Waals surface area contributed by atoms with Crippen molar-refractivity contribution in [2.45, 2.75) is 13.0 Å². The lowest BCUT2D eigenvalue weighted by atomic mass is 10.1. The van der Waals surface area contributed by atoms with Crippen LogP contribution in [0.1, 0.15) is 21.5 Å². The third-order valence-corrected chi connectivity index (χ3v) is 4.14. The first-order chi connectivity index (χ1) is 13.6. The van der Waals surface area contributed by atoms with Crippen molar-refractivity contribution < 1.29 is 14.3 Å². The molecule has 0 aliphatic rings. The molecular formula is C22H21N3O3. The summed E-state index contributed by atoms with van der Waals surface area (Å²) in [4.78, 5) is 28.4. The van der Waals surface area contributed by atoms with Gasteiger partial charge in [0, 0.05) is 18.3 Å². The van der Waals surface area contributed by atoms with E-state index in [9.17, 15) is 9.59 Å². The highest BCUT2D eigenvalue weighted by atomic mass is 16.5. The number of hydrogen-bond donors (Lipinski definition) is 2. The van der Waals surface area contributed by atoms with Gasteiger partial charge in [0.15, 0.2) is 0 Å². The van der Waals surface area contributed by atoms with Crippen LogP contribution in [0.5, 0.6) is 5.75 Å². The second-order valence-electron chi connectivity index (χ2n) is 6.17. The molecule has 0 fully saturated rings. The van der Waals surface area contributed by atoms with E-state index in [0.717, 1.165) is 16.9 Å². The van der Waals surface area contributed by atoms with Crippen LogP contribution in [0.15, 0.2) is 72.9 Å². The third kappa shape index (κ3) is 5.41. The average Bonchev–Trinajstić information content (AvgIpc) is 2.74. The van der Waals surface area contributed by atoms with E-state index in [1.54, 1.807) is 43.6 Å². The molecule has 0 spiro atoms. The number of pyridine rings is 1. The van der Waals surface area contributed by atoms with Gasteiger partial charge in [-0.2, -0.15) is 0 Å². The molecule has 2 aromatic carbocycles. The molecule has 0 aliphatic heterocycles. The quantitative estimate of drug-likeness (QED) is 0.665. The van der Waals surface area contributed by atoms with E-state index in [0.29, 0.717) is 24.3 Å². The fraction of sp³-hybridized carbons (Fsp3) is 0.136. The second-order valence-corrected chi connectivity index (χ2v) is 6.17. The number of nitrogens with one attached hydrogen (secondary N) is 2. The fourth-order valence-corrected chi connectivity index (χ4v) is 2.59. The highest BCUT2D eigenvalue weighted by Crippen LogP contribution is 2.12. The van der Waals surface area contributed by atoms with E-state index in [1.165, 1.54) is 0 Å². The minimum absolute atomic E-state index is 0.0675. The zero-order valence-electron chi connectivity index (χ0n) is 15.5. The van der Waals surface area contributed by atoms with Crippen molar-refractivity contribution in [1.82, 2.24) is 10.3 Å². The van der Waals surface area contributed by atoms with E-state index in [2.05, 4.69) is 15.6 Å². The Labute approximate surface area is 163 Å². The Bertz CT molecular complexity index is 924. The average molecular weight is 375 g/mol. The zero-order chi connectivity index (χ0) is 19.8. The van der Waals surface area contributed by atoms with Gasteiger partial charge >= 0.3 is 0 Å². The number of methoxy groups -OCH3 is 1. The first-order valence-corrected chi connectivity index (χ1v) is 8.85. The highest BCUT2D eigenvalue weighted by Gasteiger charge is 2.07. The maximum Gasteiger partial charge on any atom is 0.256 e. The Morgan fingerprint density at radius 2 is 1.64 bits per heavy atom. The van der Waals surface area contributed by atoms with Gasteiger partial charge in [0.05, 0.1) is 13.5 Å². The van der Waals surface area contributed by atoms with Crippen LogP contribution in [0.25, 0.3) is 0 Å². The smallest absolute Gasteiger partial charge is 0.256 e. The van der Waals surface area contributed by atoms with Crippen molar-refractivity contribution in [2.24, 2.45) is 0 Å². The lowest BCUT2D eigenvalue weighted by Crippen LogP contribution is -2.24. The van der Waals surface area contributed by atoms with Crippen LogP contribution in [0.4, 0.5) is 5.82 Å². The molecule has 3 aromatic rings. The van der Waals surface area contributed by atoms with E-state index < -0.39 is 0 Å². The van der Waals surface area contributed by atoms with Gasteiger partial charge < -0.3 is 15.4 Å². The topological polar surface area (TPSA) is 80.3 Å². The number of aromatic nitrogens is 1. The second kappa shape index (κ2) is 9.32. The van der Waals surface area contributed by atoms with Gasteiger partial charge in [-0.3, -0.25) is 9.59 Å². The number of ether oxygens (including phenoxy) is 1. The number of amides is 2. The van der Waals surface area contributed by atoms with Crippen molar-refractivity contribution in [3.63, 3.8) is 0 Å². The van der Waals surface area contributed by atoms with Crippen LogP contribution in [-0.4, -0.2) is 23.9 Å². The molecule has 28 heavy (non-hydrogen) atoms. The molecule has 0 bridgehead atoms. The minimum atomic E-state index is -0.228. The summed E-state index contributed by atoms with van der Waals surface area (Å²) in [5.74, 6) is 0.967. The van der Waals surface area contributed by atoms with Gasteiger partial charge in [0.25, 0.3) is 5.91 Å². The van der Waals surface area contributed by atoms with Gasteiger partial charge in [0.2, 0.25) is 5.91 Å². The molecule has 2 amide bonds. The van der Waals surface area contributed by atoms with Crippen molar-refractivity contribution in [1.29, 1.82) is 0 Å². The summed E-state index contributed by atoms with van der Waals surface area (Å²) in [7, 11) is 1.61. The number of benzene rings is 2. The Balaban J connectivity index is 1.49. The van der Waals surface area contributed by atoms with Crippen LogP contribution < -0.4 is 15.4 Å². The molecule has 0 atom stereocenters. The summed E-state index contributed by atoms with van der Waals surface area (Å²) in [5.41, 5.74) is 2.36. The summed E-state index contributed by atoms with van der Waals surface area (Å²) < 4.78 is 5.11. The summed E-state index contributed by atoms with van der Waals surface area (Å²) in [6, 6.07) is 19.8. The number of hydrogen-bond acceptors (Lipinski definition) is 4. The van der Waals surface area contributed by atoms with Crippen molar-refractivity contribution >= 4 is 17.6 Å². The molecular weight excluding hydrogens is 354 g/mol. The maximum atomic E-state index is 12.2.